The predicted molar refractivity (Wildman–Crippen MR) is 73.0 cm³/mol. The van der Waals surface area contributed by atoms with Crippen LogP contribution in [0.1, 0.15) is 18.9 Å². The highest BCUT2D eigenvalue weighted by Gasteiger charge is 2.28. The maximum Gasteiger partial charge on any atom is 0.313 e. The van der Waals surface area contributed by atoms with E-state index in [2.05, 4.69) is 15.9 Å². The monoisotopic (exact) mass is 324 g/mol. The van der Waals surface area contributed by atoms with Gasteiger partial charge in [0.15, 0.2) is 0 Å². The van der Waals surface area contributed by atoms with Gasteiger partial charge in [0, 0.05) is 10.0 Å². The lowest BCUT2D eigenvalue weighted by molar-refractivity contribution is -0.151. The molecular formula is C14H13BrO4. The van der Waals surface area contributed by atoms with E-state index >= 15 is 0 Å². The van der Waals surface area contributed by atoms with Crippen LogP contribution in [0, 0.1) is 5.92 Å². The molecule has 0 fully saturated rings. The average molecular weight is 325 g/mol. The van der Waals surface area contributed by atoms with Gasteiger partial charge in [-0.05, 0) is 25.1 Å². The summed E-state index contributed by atoms with van der Waals surface area (Å²) in [6.07, 6.45) is 1.67. The van der Waals surface area contributed by atoms with Gasteiger partial charge in [0.25, 0.3) is 0 Å². The standard InChI is InChI=1S/C14H13BrO4/c1-2-18-14(17)10-7-12(19-13(16)8-10)9-3-5-11(15)6-4-9/h3-7,10H,2,8H2,1H3/t10-/m0/s1. The zero-order valence-corrected chi connectivity index (χ0v) is 12.0. The summed E-state index contributed by atoms with van der Waals surface area (Å²) in [6, 6.07) is 7.32. The average Bonchev–Trinajstić information content (AvgIpc) is 2.39. The Hall–Kier alpha value is -1.62. The zero-order valence-electron chi connectivity index (χ0n) is 10.4. The van der Waals surface area contributed by atoms with Crippen LogP contribution in [0.15, 0.2) is 34.8 Å². The molecule has 0 N–H and O–H groups in total. The first-order valence-electron chi connectivity index (χ1n) is 5.95. The molecule has 1 aliphatic heterocycles. The molecule has 1 atom stereocenters. The van der Waals surface area contributed by atoms with Crippen LogP contribution in [0.25, 0.3) is 5.76 Å². The molecule has 2 rings (SSSR count). The molecular weight excluding hydrogens is 312 g/mol. The Morgan fingerprint density at radius 3 is 2.74 bits per heavy atom. The first-order chi connectivity index (χ1) is 9.10. The van der Waals surface area contributed by atoms with Gasteiger partial charge in [0.05, 0.1) is 18.9 Å². The van der Waals surface area contributed by atoms with E-state index in [1.165, 1.54) is 0 Å². The normalized spacial score (nSPS) is 18.5. The SMILES string of the molecule is CCOC(=O)[C@H]1C=C(c2ccc(Br)cc2)OC(=O)C1. The molecule has 0 spiro atoms. The molecule has 1 heterocycles. The minimum Gasteiger partial charge on any atom is -0.466 e. The van der Waals surface area contributed by atoms with E-state index in [9.17, 15) is 9.59 Å². The molecule has 0 aromatic heterocycles. The van der Waals surface area contributed by atoms with Crippen LogP contribution in [0.3, 0.4) is 0 Å². The number of carbonyl (C=O) groups excluding carboxylic acids is 2. The van der Waals surface area contributed by atoms with E-state index in [1.807, 2.05) is 24.3 Å². The molecule has 0 saturated carbocycles. The van der Waals surface area contributed by atoms with Crippen molar-refractivity contribution in [2.45, 2.75) is 13.3 Å². The van der Waals surface area contributed by atoms with Crippen molar-refractivity contribution >= 4 is 33.6 Å². The molecule has 0 radical (unpaired) electrons. The van der Waals surface area contributed by atoms with E-state index in [0.29, 0.717) is 12.4 Å². The maximum atomic E-state index is 11.7. The van der Waals surface area contributed by atoms with Crippen molar-refractivity contribution in [1.29, 1.82) is 0 Å². The smallest absolute Gasteiger partial charge is 0.313 e. The highest BCUT2D eigenvalue weighted by molar-refractivity contribution is 9.10. The van der Waals surface area contributed by atoms with Crippen molar-refractivity contribution < 1.29 is 19.1 Å². The summed E-state index contributed by atoms with van der Waals surface area (Å²) >= 11 is 3.34. The van der Waals surface area contributed by atoms with E-state index in [0.717, 1.165) is 10.0 Å². The molecule has 1 aliphatic rings. The summed E-state index contributed by atoms with van der Waals surface area (Å²) in [6.45, 7) is 2.03. The first kappa shape index (κ1) is 13.8. The van der Waals surface area contributed by atoms with E-state index < -0.39 is 17.9 Å². The Bertz CT molecular complexity index is 519. The van der Waals surface area contributed by atoms with Crippen LogP contribution < -0.4 is 0 Å². The number of benzene rings is 1. The third kappa shape index (κ3) is 3.44. The lowest BCUT2D eigenvalue weighted by atomic mass is 10.00. The number of cyclic esters (lactones) is 1. The fourth-order valence-electron chi connectivity index (χ4n) is 1.79. The highest BCUT2D eigenvalue weighted by atomic mass is 79.9. The Morgan fingerprint density at radius 1 is 1.42 bits per heavy atom. The maximum absolute atomic E-state index is 11.7. The van der Waals surface area contributed by atoms with Crippen LogP contribution in [-0.4, -0.2) is 18.5 Å². The molecule has 0 saturated heterocycles. The number of carbonyl (C=O) groups is 2. The Balaban J connectivity index is 2.25. The number of hydrogen-bond acceptors (Lipinski definition) is 4. The Morgan fingerprint density at radius 2 is 2.11 bits per heavy atom. The second-order valence-corrected chi connectivity index (χ2v) is 4.99. The summed E-state index contributed by atoms with van der Waals surface area (Å²) in [7, 11) is 0. The molecule has 4 nitrogen and oxygen atoms in total. The van der Waals surface area contributed by atoms with Crippen molar-refractivity contribution in [2.75, 3.05) is 6.61 Å². The van der Waals surface area contributed by atoms with Gasteiger partial charge in [-0.1, -0.05) is 28.1 Å². The second kappa shape index (κ2) is 6.02. The fourth-order valence-corrected chi connectivity index (χ4v) is 2.05. The fraction of sp³-hybridized carbons (Fsp3) is 0.286. The van der Waals surface area contributed by atoms with Crippen molar-refractivity contribution in [3.05, 3.63) is 40.4 Å². The molecule has 0 amide bonds. The summed E-state index contributed by atoms with van der Waals surface area (Å²) in [5, 5.41) is 0. The number of ether oxygens (including phenoxy) is 2. The Kier molecular flexibility index (Phi) is 4.37. The van der Waals surface area contributed by atoms with E-state index in [-0.39, 0.29) is 6.42 Å². The van der Waals surface area contributed by atoms with Crippen molar-refractivity contribution in [2.24, 2.45) is 5.92 Å². The number of halogens is 1. The van der Waals surface area contributed by atoms with Crippen LogP contribution >= 0.6 is 15.9 Å². The van der Waals surface area contributed by atoms with Gasteiger partial charge in [-0.2, -0.15) is 0 Å². The summed E-state index contributed by atoms with van der Waals surface area (Å²) in [5.74, 6) is -0.978. The molecule has 0 unspecified atom stereocenters. The minimum absolute atomic E-state index is 0.0266. The first-order valence-corrected chi connectivity index (χ1v) is 6.74. The van der Waals surface area contributed by atoms with E-state index in [4.69, 9.17) is 9.47 Å². The summed E-state index contributed by atoms with van der Waals surface area (Å²) < 4.78 is 11.0. The van der Waals surface area contributed by atoms with Gasteiger partial charge in [-0.15, -0.1) is 0 Å². The number of rotatable bonds is 3. The van der Waals surface area contributed by atoms with Crippen LogP contribution in [0.5, 0.6) is 0 Å². The van der Waals surface area contributed by atoms with Crippen LogP contribution in [-0.2, 0) is 19.1 Å². The predicted octanol–water partition coefficient (Wildman–Crippen LogP) is 2.92. The quantitative estimate of drug-likeness (QED) is 0.802. The van der Waals surface area contributed by atoms with Gasteiger partial charge in [-0.25, -0.2) is 0 Å². The van der Waals surface area contributed by atoms with Gasteiger partial charge in [-0.3, -0.25) is 9.59 Å². The number of hydrogen-bond donors (Lipinski definition) is 0. The van der Waals surface area contributed by atoms with Gasteiger partial charge in [0.1, 0.15) is 5.76 Å². The van der Waals surface area contributed by atoms with E-state index in [1.54, 1.807) is 13.0 Å². The third-order valence-electron chi connectivity index (χ3n) is 2.68. The zero-order chi connectivity index (χ0) is 13.8. The lowest BCUT2D eigenvalue weighted by Gasteiger charge is -2.19. The van der Waals surface area contributed by atoms with Gasteiger partial charge in [0.2, 0.25) is 0 Å². The van der Waals surface area contributed by atoms with Crippen LogP contribution in [0.2, 0.25) is 0 Å². The summed E-state index contributed by atoms with van der Waals surface area (Å²) in [5.41, 5.74) is 0.755. The van der Waals surface area contributed by atoms with Gasteiger partial charge >= 0.3 is 11.9 Å². The molecule has 0 aliphatic carbocycles. The highest BCUT2D eigenvalue weighted by Crippen LogP contribution is 2.27. The molecule has 0 bridgehead atoms. The minimum atomic E-state index is -0.570. The molecule has 1 aromatic carbocycles. The molecule has 5 heteroatoms. The van der Waals surface area contributed by atoms with Crippen molar-refractivity contribution in [1.82, 2.24) is 0 Å². The molecule has 100 valence electrons. The summed E-state index contributed by atoms with van der Waals surface area (Å²) in [4.78, 5) is 23.2. The topological polar surface area (TPSA) is 52.6 Å². The molecule has 19 heavy (non-hydrogen) atoms. The number of esters is 2. The lowest BCUT2D eigenvalue weighted by Crippen LogP contribution is -2.24. The third-order valence-corrected chi connectivity index (χ3v) is 3.21. The van der Waals surface area contributed by atoms with Crippen molar-refractivity contribution in [3.63, 3.8) is 0 Å². The largest absolute Gasteiger partial charge is 0.466 e. The van der Waals surface area contributed by atoms with Crippen LogP contribution in [0.4, 0.5) is 0 Å². The van der Waals surface area contributed by atoms with Gasteiger partial charge < -0.3 is 9.47 Å². The second-order valence-electron chi connectivity index (χ2n) is 4.07. The van der Waals surface area contributed by atoms with Crippen molar-refractivity contribution in [3.8, 4) is 0 Å². The Labute approximate surface area is 119 Å². The molecule has 1 aromatic rings.